The second-order valence-corrected chi connectivity index (χ2v) is 13.2. The first-order chi connectivity index (χ1) is 23.4. The van der Waals surface area contributed by atoms with E-state index in [1.54, 1.807) is 9.36 Å². The van der Waals surface area contributed by atoms with Crippen molar-refractivity contribution in [3.8, 4) is 11.3 Å². The zero-order valence-electron chi connectivity index (χ0n) is 26.4. The Morgan fingerprint density at radius 3 is 2.77 bits per heavy atom. The molecule has 48 heavy (non-hydrogen) atoms. The maximum absolute atomic E-state index is 16.2. The van der Waals surface area contributed by atoms with E-state index in [-0.39, 0.29) is 18.9 Å². The molecule has 250 valence electrons. The Morgan fingerprint density at radius 2 is 1.98 bits per heavy atom. The molecule has 3 fully saturated rings. The van der Waals surface area contributed by atoms with E-state index < -0.39 is 31.0 Å². The molecule has 2 N–H and O–H groups in total. The lowest BCUT2D eigenvalue weighted by Crippen LogP contribution is -2.58. The lowest BCUT2D eigenvalue weighted by atomic mass is 9.95. The van der Waals surface area contributed by atoms with E-state index in [0.29, 0.717) is 64.8 Å². The van der Waals surface area contributed by atoms with Crippen LogP contribution in [0, 0.1) is 0 Å². The third-order valence-electron chi connectivity index (χ3n) is 9.73. The van der Waals surface area contributed by atoms with Gasteiger partial charge in [-0.05, 0) is 56.2 Å². The van der Waals surface area contributed by atoms with Gasteiger partial charge >= 0.3 is 6.09 Å². The molecule has 6 heterocycles. The van der Waals surface area contributed by atoms with Crippen LogP contribution in [0.2, 0.25) is 5.02 Å². The normalized spacial score (nSPS) is 24.0. The van der Waals surface area contributed by atoms with Crippen LogP contribution in [0.1, 0.15) is 56.0 Å². The number of carbonyl (C=O) groups excluding carboxylic acids is 1. The van der Waals surface area contributed by atoms with Crippen molar-refractivity contribution in [2.75, 3.05) is 11.5 Å². The molecule has 2 aromatic carbocycles. The highest BCUT2D eigenvalue weighted by atomic mass is 35.5. The number of rotatable bonds is 7. The number of hydrogen-bond acceptors (Lipinski definition) is 9. The molecular weight excluding hydrogens is 639 g/mol. The van der Waals surface area contributed by atoms with Gasteiger partial charge in [-0.15, -0.1) is 0 Å². The van der Waals surface area contributed by atoms with Gasteiger partial charge in [-0.1, -0.05) is 41.9 Å². The molecule has 1 unspecified atom stereocenters. The van der Waals surface area contributed by atoms with Crippen LogP contribution < -0.4 is 10.2 Å². The van der Waals surface area contributed by atoms with Crippen molar-refractivity contribution in [2.45, 2.75) is 82.3 Å². The Bertz CT molecular complexity index is 1980. The van der Waals surface area contributed by atoms with Gasteiger partial charge in [0.2, 0.25) is 0 Å². The fraction of sp³-hybridized carbons (Fsp3) is 0.441. The second kappa shape index (κ2) is 12.6. The summed E-state index contributed by atoms with van der Waals surface area (Å²) in [4.78, 5) is 24.7. The van der Waals surface area contributed by atoms with Crippen LogP contribution in [0.4, 0.5) is 15.0 Å². The Labute approximate surface area is 280 Å². The van der Waals surface area contributed by atoms with E-state index in [1.165, 1.54) is 0 Å². The number of fused-ring (bicyclic) bond motifs is 4. The number of halogens is 2. The maximum atomic E-state index is 16.2. The number of alkyl carbamates (subject to hydrolysis) is 1. The van der Waals surface area contributed by atoms with Crippen molar-refractivity contribution in [3.05, 3.63) is 64.9 Å². The van der Waals surface area contributed by atoms with E-state index in [2.05, 4.69) is 10.4 Å². The Kier molecular flexibility index (Phi) is 8.13. The van der Waals surface area contributed by atoms with Gasteiger partial charge in [0, 0.05) is 36.8 Å². The third kappa shape index (κ3) is 5.43. The van der Waals surface area contributed by atoms with Crippen molar-refractivity contribution < 1.29 is 23.8 Å². The predicted molar refractivity (Wildman–Crippen MR) is 177 cm³/mol. The minimum absolute atomic E-state index is 0.104. The molecule has 12 nitrogen and oxygen atoms in total. The molecule has 2 bridgehead atoms. The number of nitrogens with zero attached hydrogens (tertiary/aromatic N) is 7. The molecule has 0 spiro atoms. The SMILES string of the molecule is Cn1cc2c(Cl)c(-c3nn(C4CCCCO4)c4nc(N5[C@H]6CC[C@@H]5[C@@H](F)[C@@H](NC(=O)OCc5ccccc5)C6)c(CO)nc34)ccc2n1. The summed E-state index contributed by atoms with van der Waals surface area (Å²) >= 11 is 6.95. The summed E-state index contributed by atoms with van der Waals surface area (Å²) in [7, 11) is 1.84. The number of aromatic nitrogens is 6. The molecule has 3 saturated heterocycles. The first kappa shape index (κ1) is 31.0. The Balaban J connectivity index is 1.14. The number of carbonyl (C=O) groups is 1. The summed E-state index contributed by atoms with van der Waals surface area (Å²) in [6, 6.07) is 11.7. The number of nitrogens with one attached hydrogen (secondary N) is 1. The first-order valence-corrected chi connectivity index (χ1v) is 16.8. The fourth-order valence-electron chi connectivity index (χ4n) is 7.48. The number of hydrogen-bond donors (Lipinski definition) is 2. The molecule has 1 amide bonds. The average Bonchev–Trinajstić information content (AvgIpc) is 3.79. The molecule has 3 aromatic heterocycles. The zero-order chi connectivity index (χ0) is 32.9. The fourth-order valence-corrected chi connectivity index (χ4v) is 7.78. The second-order valence-electron chi connectivity index (χ2n) is 12.8. The quantitative estimate of drug-likeness (QED) is 0.226. The van der Waals surface area contributed by atoms with Crippen LogP contribution in [0.25, 0.3) is 33.3 Å². The number of alkyl halides is 1. The molecule has 14 heteroatoms. The van der Waals surface area contributed by atoms with E-state index in [1.807, 2.05) is 60.6 Å². The van der Waals surface area contributed by atoms with Crippen LogP contribution in [0.3, 0.4) is 0 Å². The van der Waals surface area contributed by atoms with Crippen LogP contribution in [0.15, 0.2) is 48.7 Å². The van der Waals surface area contributed by atoms with Gasteiger partial charge < -0.3 is 24.8 Å². The van der Waals surface area contributed by atoms with E-state index in [4.69, 9.17) is 36.1 Å². The standard InChI is InChI=1S/C34H36ClFN8O4/c1-42-16-22-23(40-42)12-11-21(28(22)35)30-31-33(44(41-30)27-9-5-6-14-47-27)39-32(25(17-45)37-31)43-20-10-13-26(43)29(36)24(15-20)38-34(46)48-18-19-7-3-2-4-8-19/h2-4,7-8,11-12,16,20,24,26-27,29,45H,5-6,9-10,13-15,17-18H2,1H3,(H,38,46)/t20-,24-,26+,27?,29-/m0/s1. The Hall–Kier alpha value is -4.33. The number of piperidine rings is 1. The molecule has 0 aliphatic carbocycles. The van der Waals surface area contributed by atoms with Crippen LogP contribution in [0.5, 0.6) is 0 Å². The van der Waals surface area contributed by atoms with E-state index in [9.17, 15) is 9.90 Å². The van der Waals surface area contributed by atoms with Gasteiger partial charge in [0.25, 0.3) is 0 Å². The lowest BCUT2D eigenvalue weighted by Gasteiger charge is -2.42. The minimum atomic E-state index is -1.38. The molecule has 5 atom stereocenters. The topological polar surface area (TPSA) is 132 Å². The predicted octanol–water partition coefficient (Wildman–Crippen LogP) is 5.60. The number of anilines is 1. The highest BCUT2D eigenvalue weighted by molar-refractivity contribution is 6.38. The number of ether oxygens (including phenoxy) is 2. The number of aliphatic hydroxyl groups excluding tert-OH is 1. The minimum Gasteiger partial charge on any atom is -0.445 e. The summed E-state index contributed by atoms with van der Waals surface area (Å²) in [5.41, 5.74) is 4.07. The molecule has 8 rings (SSSR count). The molecule has 0 radical (unpaired) electrons. The number of benzene rings is 2. The van der Waals surface area contributed by atoms with Gasteiger partial charge in [-0.3, -0.25) is 4.68 Å². The van der Waals surface area contributed by atoms with Crippen molar-refractivity contribution in [1.82, 2.24) is 34.8 Å². The number of aliphatic hydroxyl groups is 1. The number of aryl methyl sites for hydroxylation is 1. The third-order valence-corrected chi connectivity index (χ3v) is 10.1. The smallest absolute Gasteiger partial charge is 0.407 e. The molecule has 3 aliphatic rings. The largest absolute Gasteiger partial charge is 0.445 e. The van der Waals surface area contributed by atoms with Gasteiger partial charge in [0.15, 0.2) is 17.7 Å². The van der Waals surface area contributed by atoms with Crippen molar-refractivity contribution in [2.24, 2.45) is 7.05 Å². The van der Waals surface area contributed by atoms with Crippen LogP contribution in [-0.4, -0.2) is 71.6 Å². The lowest BCUT2D eigenvalue weighted by molar-refractivity contribution is -0.0368. The zero-order valence-corrected chi connectivity index (χ0v) is 27.2. The highest BCUT2D eigenvalue weighted by Crippen LogP contribution is 2.43. The Morgan fingerprint density at radius 1 is 1.12 bits per heavy atom. The summed E-state index contributed by atoms with van der Waals surface area (Å²) in [6.07, 6.45) is 3.79. The first-order valence-electron chi connectivity index (χ1n) is 16.4. The van der Waals surface area contributed by atoms with E-state index in [0.717, 1.165) is 35.7 Å². The summed E-state index contributed by atoms with van der Waals surface area (Å²) in [5.74, 6) is 0.419. The summed E-state index contributed by atoms with van der Waals surface area (Å²) in [5, 5.41) is 24.1. The highest BCUT2D eigenvalue weighted by Gasteiger charge is 2.50. The molecule has 0 saturated carbocycles. The van der Waals surface area contributed by atoms with Gasteiger partial charge in [-0.25, -0.2) is 23.8 Å². The van der Waals surface area contributed by atoms with Gasteiger partial charge in [-0.2, -0.15) is 10.2 Å². The maximum Gasteiger partial charge on any atom is 0.407 e. The van der Waals surface area contributed by atoms with Crippen molar-refractivity contribution >= 4 is 45.6 Å². The summed E-state index contributed by atoms with van der Waals surface area (Å²) in [6.45, 7) is 0.297. The van der Waals surface area contributed by atoms with Gasteiger partial charge in [0.05, 0.1) is 29.2 Å². The van der Waals surface area contributed by atoms with Crippen LogP contribution >= 0.6 is 11.6 Å². The van der Waals surface area contributed by atoms with Crippen LogP contribution in [-0.2, 0) is 29.7 Å². The van der Waals surface area contributed by atoms with Gasteiger partial charge in [0.1, 0.15) is 29.7 Å². The van der Waals surface area contributed by atoms with E-state index >= 15 is 4.39 Å². The van der Waals surface area contributed by atoms with Crippen molar-refractivity contribution in [1.29, 1.82) is 0 Å². The monoisotopic (exact) mass is 674 g/mol. The molecule has 5 aromatic rings. The van der Waals surface area contributed by atoms with Crippen molar-refractivity contribution in [3.63, 3.8) is 0 Å². The summed E-state index contributed by atoms with van der Waals surface area (Å²) < 4.78 is 31.2. The molecular formula is C34H36ClFN8O4. The average molecular weight is 675 g/mol. The molecule has 3 aliphatic heterocycles. The number of amides is 1.